The molecule has 0 bridgehead atoms. The van der Waals surface area contributed by atoms with Crippen molar-refractivity contribution in [2.45, 2.75) is 0 Å². The van der Waals surface area contributed by atoms with Crippen LogP contribution in [0.3, 0.4) is 0 Å². The van der Waals surface area contributed by atoms with E-state index in [1.165, 1.54) is 12.3 Å². The normalized spacial score (nSPS) is 10.4. The predicted molar refractivity (Wildman–Crippen MR) is 53.1 cm³/mol. The summed E-state index contributed by atoms with van der Waals surface area (Å²) in [7, 11) is 0. The fourth-order valence-electron chi connectivity index (χ4n) is 1.28. The molecule has 5 N–H and O–H groups in total. The van der Waals surface area contributed by atoms with Gasteiger partial charge in [0.25, 0.3) is 5.91 Å². The van der Waals surface area contributed by atoms with Crippen molar-refractivity contribution >= 4 is 22.8 Å². The topological polar surface area (TPSA) is 115 Å². The van der Waals surface area contributed by atoms with E-state index < -0.39 is 11.8 Å². The van der Waals surface area contributed by atoms with Crippen LogP contribution >= 0.6 is 0 Å². The lowest BCUT2D eigenvalue weighted by Crippen LogP contribution is -2.11. The van der Waals surface area contributed by atoms with Crippen LogP contribution in [0.5, 0.6) is 0 Å². The molecule has 76 valence electrons. The van der Waals surface area contributed by atoms with Crippen molar-refractivity contribution in [3.05, 3.63) is 29.6 Å². The smallest absolute Gasteiger partial charge is 0.265 e. The third-order valence-electron chi connectivity index (χ3n) is 2.02. The Bertz CT molecular complexity index is 546. The number of primary amides is 2. The molecule has 0 aromatic carbocycles. The van der Waals surface area contributed by atoms with Crippen LogP contribution in [0.15, 0.2) is 18.3 Å². The number of carbonyl (C=O) groups excluding carboxylic acids is 2. The minimum absolute atomic E-state index is 0.249. The molecule has 0 aliphatic carbocycles. The Morgan fingerprint density at radius 3 is 2.53 bits per heavy atom. The van der Waals surface area contributed by atoms with Crippen molar-refractivity contribution in [3.63, 3.8) is 0 Å². The first-order valence-corrected chi connectivity index (χ1v) is 4.16. The maximum Gasteiger partial charge on any atom is 0.265 e. The highest BCUT2D eigenvalue weighted by Crippen LogP contribution is 2.14. The zero-order chi connectivity index (χ0) is 11.0. The molecule has 2 aromatic rings. The summed E-state index contributed by atoms with van der Waals surface area (Å²) < 4.78 is 0. The molecule has 0 radical (unpaired) electrons. The molecule has 2 heterocycles. The molecule has 0 aliphatic heterocycles. The summed E-state index contributed by atoms with van der Waals surface area (Å²) in [6.45, 7) is 0. The van der Waals surface area contributed by atoms with Crippen LogP contribution in [0, 0.1) is 0 Å². The van der Waals surface area contributed by atoms with E-state index in [1.54, 1.807) is 6.07 Å². The van der Waals surface area contributed by atoms with E-state index in [2.05, 4.69) is 9.97 Å². The molecule has 2 rings (SSSR count). The number of aromatic amines is 1. The first kappa shape index (κ1) is 9.20. The number of amides is 2. The van der Waals surface area contributed by atoms with Gasteiger partial charge in [-0.3, -0.25) is 9.59 Å². The Balaban J connectivity index is 2.62. The molecule has 6 nitrogen and oxygen atoms in total. The Morgan fingerprint density at radius 1 is 1.20 bits per heavy atom. The Labute approximate surface area is 84.3 Å². The van der Waals surface area contributed by atoms with E-state index in [0.717, 1.165) is 0 Å². The number of rotatable bonds is 2. The summed E-state index contributed by atoms with van der Waals surface area (Å²) in [6, 6.07) is 3.07. The summed E-state index contributed by atoms with van der Waals surface area (Å²) in [4.78, 5) is 28.4. The number of H-pyrrole nitrogens is 1. The molecule has 2 aromatic heterocycles. The molecule has 0 spiro atoms. The molecule has 0 unspecified atom stereocenters. The monoisotopic (exact) mass is 204 g/mol. The number of hydrogen-bond donors (Lipinski definition) is 3. The second-order valence-electron chi connectivity index (χ2n) is 3.07. The van der Waals surface area contributed by atoms with E-state index in [1.807, 2.05) is 0 Å². The third-order valence-corrected chi connectivity index (χ3v) is 2.02. The van der Waals surface area contributed by atoms with Gasteiger partial charge in [0, 0.05) is 11.6 Å². The maximum absolute atomic E-state index is 10.9. The largest absolute Gasteiger partial charge is 0.366 e. The van der Waals surface area contributed by atoms with Gasteiger partial charge in [-0.2, -0.15) is 0 Å². The first-order valence-electron chi connectivity index (χ1n) is 4.16. The van der Waals surface area contributed by atoms with Crippen molar-refractivity contribution in [2.75, 3.05) is 0 Å². The summed E-state index contributed by atoms with van der Waals surface area (Å²) in [5, 5.41) is 0.625. The molecule has 2 amide bonds. The molecular formula is C9H8N4O2. The SMILES string of the molecule is NC(=O)c1cnc2[nH]c(C(N)=O)cc2c1. The molecule has 0 saturated carbocycles. The van der Waals surface area contributed by atoms with E-state index in [9.17, 15) is 9.59 Å². The average Bonchev–Trinajstić information content (AvgIpc) is 2.59. The number of carbonyl (C=O) groups is 2. The number of nitrogens with two attached hydrogens (primary N) is 2. The van der Waals surface area contributed by atoms with E-state index >= 15 is 0 Å². The van der Waals surface area contributed by atoms with Crippen molar-refractivity contribution in [3.8, 4) is 0 Å². The van der Waals surface area contributed by atoms with E-state index in [-0.39, 0.29) is 11.3 Å². The van der Waals surface area contributed by atoms with Gasteiger partial charge in [0.05, 0.1) is 5.56 Å². The van der Waals surface area contributed by atoms with Gasteiger partial charge in [0.15, 0.2) is 0 Å². The minimum atomic E-state index is -0.575. The van der Waals surface area contributed by atoms with Crippen LogP contribution in [0.4, 0.5) is 0 Å². The van der Waals surface area contributed by atoms with Crippen molar-refractivity contribution in [1.82, 2.24) is 9.97 Å². The molecule has 0 saturated heterocycles. The second-order valence-corrected chi connectivity index (χ2v) is 3.07. The number of aromatic nitrogens is 2. The van der Waals surface area contributed by atoms with Gasteiger partial charge in [-0.15, -0.1) is 0 Å². The predicted octanol–water partition coefficient (Wildman–Crippen LogP) is -0.239. The van der Waals surface area contributed by atoms with E-state index in [0.29, 0.717) is 11.0 Å². The van der Waals surface area contributed by atoms with Gasteiger partial charge < -0.3 is 16.5 Å². The highest BCUT2D eigenvalue weighted by Gasteiger charge is 2.08. The minimum Gasteiger partial charge on any atom is -0.366 e. The van der Waals surface area contributed by atoms with Gasteiger partial charge >= 0.3 is 0 Å². The fraction of sp³-hybridized carbons (Fsp3) is 0. The third kappa shape index (κ3) is 1.52. The number of nitrogens with zero attached hydrogens (tertiary/aromatic N) is 1. The number of pyridine rings is 1. The van der Waals surface area contributed by atoms with E-state index in [4.69, 9.17) is 11.5 Å². The van der Waals surface area contributed by atoms with Crippen LogP contribution in [0.2, 0.25) is 0 Å². The average molecular weight is 204 g/mol. The zero-order valence-corrected chi connectivity index (χ0v) is 7.65. The molecular weight excluding hydrogens is 196 g/mol. The molecule has 0 atom stereocenters. The summed E-state index contributed by atoms with van der Waals surface area (Å²) in [5.74, 6) is -1.14. The Kier molecular flexibility index (Phi) is 1.89. The highest BCUT2D eigenvalue weighted by molar-refractivity contribution is 5.99. The number of nitrogens with one attached hydrogen (secondary N) is 1. The van der Waals surface area contributed by atoms with Gasteiger partial charge in [-0.25, -0.2) is 4.98 Å². The van der Waals surface area contributed by atoms with Crippen molar-refractivity contribution in [1.29, 1.82) is 0 Å². The fourth-order valence-corrected chi connectivity index (χ4v) is 1.28. The Hall–Kier alpha value is -2.37. The highest BCUT2D eigenvalue weighted by atomic mass is 16.1. The van der Waals surface area contributed by atoms with Gasteiger partial charge in [0.1, 0.15) is 11.3 Å². The summed E-state index contributed by atoms with van der Waals surface area (Å²) >= 11 is 0. The lowest BCUT2D eigenvalue weighted by molar-refractivity contribution is 0.0989. The van der Waals surface area contributed by atoms with Crippen LogP contribution in [-0.2, 0) is 0 Å². The summed E-state index contributed by atoms with van der Waals surface area (Å²) in [5.41, 5.74) is 11.2. The quantitative estimate of drug-likeness (QED) is 0.626. The van der Waals surface area contributed by atoms with Crippen LogP contribution in [0.25, 0.3) is 11.0 Å². The second kappa shape index (κ2) is 3.09. The maximum atomic E-state index is 10.9. The van der Waals surface area contributed by atoms with Crippen LogP contribution in [-0.4, -0.2) is 21.8 Å². The zero-order valence-electron chi connectivity index (χ0n) is 7.65. The number of fused-ring (bicyclic) bond motifs is 1. The molecule has 0 fully saturated rings. The standard InChI is InChI=1S/C9H8N4O2/c10-7(14)5-1-4-2-6(8(11)15)13-9(4)12-3-5/h1-3H,(H2,10,14)(H2,11,15)(H,12,13). The Morgan fingerprint density at radius 2 is 1.93 bits per heavy atom. The lowest BCUT2D eigenvalue weighted by Gasteiger charge is -1.93. The van der Waals surface area contributed by atoms with Gasteiger partial charge in [-0.1, -0.05) is 0 Å². The first-order chi connectivity index (χ1) is 7.08. The van der Waals surface area contributed by atoms with Gasteiger partial charge in [0.2, 0.25) is 5.91 Å². The molecule has 15 heavy (non-hydrogen) atoms. The number of hydrogen-bond acceptors (Lipinski definition) is 3. The molecule has 0 aliphatic rings. The van der Waals surface area contributed by atoms with Crippen LogP contribution < -0.4 is 11.5 Å². The summed E-state index contributed by atoms with van der Waals surface area (Å²) in [6.07, 6.45) is 1.34. The van der Waals surface area contributed by atoms with Crippen molar-refractivity contribution < 1.29 is 9.59 Å². The van der Waals surface area contributed by atoms with Gasteiger partial charge in [-0.05, 0) is 12.1 Å². The van der Waals surface area contributed by atoms with Crippen LogP contribution in [0.1, 0.15) is 20.8 Å². The molecule has 6 heteroatoms. The lowest BCUT2D eigenvalue weighted by atomic mass is 10.2. The van der Waals surface area contributed by atoms with Crippen molar-refractivity contribution in [2.24, 2.45) is 11.5 Å².